The summed E-state index contributed by atoms with van der Waals surface area (Å²) in [4.78, 5) is 0. The monoisotopic (exact) mass is 441 g/mol. The molecule has 4 nitrogen and oxygen atoms in total. The minimum absolute atomic E-state index is 0.0528. The third-order valence-electron chi connectivity index (χ3n) is 6.57. The lowest BCUT2D eigenvalue weighted by Crippen LogP contribution is -2.43. The molecule has 186 valence electrons. The van der Waals surface area contributed by atoms with E-state index in [1.807, 2.05) is 6.08 Å². The third kappa shape index (κ3) is 17.8. The van der Waals surface area contributed by atoms with E-state index in [0.29, 0.717) is 19.3 Å². The van der Waals surface area contributed by atoms with Gasteiger partial charge in [-0.05, 0) is 25.7 Å². The van der Waals surface area contributed by atoms with Crippen molar-refractivity contribution in [3.63, 3.8) is 0 Å². The number of aliphatic hydroxyl groups is 3. The molecule has 0 heterocycles. The van der Waals surface area contributed by atoms with Crippen LogP contribution in [0, 0.1) is 0 Å². The summed E-state index contributed by atoms with van der Waals surface area (Å²) in [5.41, 5.74) is 7.05. The summed E-state index contributed by atoms with van der Waals surface area (Å²) in [6.45, 7) is 2.47. The Hall–Kier alpha value is -0.420. The Bertz CT molecular complexity index is 400. The molecular weight excluding hydrogens is 386 g/mol. The highest BCUT2D eigenvalue weighted by Gasteiger charge is 2.28. The van der Waals surface area contributed by atoms with Crippen molar-refractivity contribution in [1.29, 1.82) is 0 Å². The first kappa shape index (κ1) is 30.6. The van der Waals surface area contributed by atoms with Gasteiger partial charge in [0.25, 0.3) is 0 Å². The molecule has 0 fully saturated rings. The predicted molar refractivity (Wildman–Crippen MR) is 134 cm³/mol. The maximum Gasteiger partial charge on any atom is 0.0468 e. The zero-order valence-electron chi connectivity index (χ0n) is 20.8. The van der Waals surface area contributed by atoms with Crippen molar-refractivity contribution in [3.05, 3.63) is 11.6 Å². The molecule has 1 atom stereocenters. The van der Waals surface area contributed by atoms with Gasteiger partial charge in [-0.3, -0.25) is 0 Å². The van der Waals surface area contributed by atoms with Gasteiger partial charge in [-0.15, -0.1) is 0 Å². The number of rotatable bonds is 24. The van der Waals surface area contributed by atoms with Crippen LogP contribution in [0.5, 0.6) is 0 Å². The SMILES string of the molecule is CCCCCCCCCCCCCCCCCCC(N)(CCO)C(=CCCO)CCO. The van der Waals surface area contributed by atoms with Crippen molar-refractivity contribution in [2.75, 3.05) is 19.8 Å². The number of nitrogens with two attached hydrogens (primary N) is 1. The molecule has 0 aromatic carbocycles. The van der Waals surface area contributed by atoms with Crippen LogP contribution < -0.4 is 5.73 Å². The summed E-state index contributed by atoms with van der Waals surface area (Å²) in [5, 5.41) is 27.9. The third-order valence-corrected chi connectivity index (χ3v) is 6.57. The molecule has 0 aromatic rings. The van der Waals surface area contributed by atoms with E-state index >= 15 is 0 Å². The second-order valence-corrected chi connectivity index (χ2v) is 9.40. The van der Waals surface area contributed by atoms with Crippen LogP contribution in [0.3, 0.4) is 0 Å². The minimum Gasteiger partial charge on any atom is -0.396 e. The van der Waals surface area contributed by atoms with Gasteiger partial charge in [0, 0.05) is 25.4 Å². The highest BCUT2D eigenvalue weighted by molar-refractivity contribution is 5.19. The van der Waals surface area contributed by atoms with Crippen LogP contribution >= 0.6 is 0 Å². The molecule has 4 heteroatoms. The lowest BCUT2D eigenvalue weighted by molar-refractivity contribution is 0.233. The maximum atomic E-state index is 9.46. The van der Waals surface area contributed by atoms with Crippen LogP contribution in [0.15, 0.2) is 11.6 Å². The van der Waals surface area contributed by atoms with Crippen LogP contribution in [0.1, 0.15) is 135 Å². The Morgan fingerprint density at radius 2 is 1.06 bits per heavy atom. The van der Waals surface area contributed by atoms with Crippen molar-refractivity contribution in [2.45, 2.75) is 141 Å². The highest BCUT2D eigenvalue weighted by atomic mass is 16.3. The molecule has 0 amide bonds. The average Bonchev–Trinajstić information content (AvgIpc) is 2.76. The predicted octanol–water partition coefficient (Wildman–Crippen LogP) is 6.41. The number of hydrogen-bond donors (Lipinski definition) is 4. The van der Waals surface area contributed by atoms with Gasteiger partial charge in [0.1, 0.15) is 0 Å². The zero-order valence-corrected chi connectivity index (χ0v) is 20.8. The van der Waals surface area contributed by atoms with Crippen molar-refractivity contribution in [2.24, 2.45) is 5.73 Å². The molecule has 0 saturated carbocycles. The van der Waals surface area contributed by atoms with Gasteiger partial charge in [0.2, 0.25) is 0 Å². The van der Waals surface area contributed by atoms with E-state index in [0.717, 1.165) is 18.4 Å². The summed E-state index contributed by atoms with van der Waals surface area (Å²) >= 11 is 0. The number of aliphatic hydroxyl groups excluding tert-OH is 3. The molecule has 0 aromatic heterocycles. The molecular formula is C27H55NO3. The second-order valence-electron chi connectivity index (χ2n) is 9.40. The zero-order chi connectivity index (χ0) is 23.0. The van der Waals surface area contributed by atoms with Gasteiger partial charge < -0.3 is 21.1 Å². The molecule has 0 saturated heterocycles. The number of hydrogen-bond acceptors (Lipinski definition) is 4. The lowest BCUT2D eigenvalue weighted by atomic mass is 9.80. The fourth-order valence-electron chi connectivity index (χ4n) is 4.55. The molecule has 0 bridgehead atoms. The minimum atomic E-state index is -0.553. The summed E-state index contributed by atoms with van der Waals surface area (Å²) in [7, 11) is 0. The topological polar surface area (TPSA) is 86.7 Å². The van der Waals surface area contributed by atoms with Crippen molar-refractivity contribution < 1.29 is 15.3 Å². The average molecular weight is 442 g/mol. The molecule has 5 N–H and O–H groups in total. The molecule has 0 aliphatic carbocycles. The Morgan fingerprint density at radius 3 is 1.45 bits per heavy atom. The van der Waals surface area contributed by atoms with E-state index < -0.39 is 5.54 Å². The first-order valence-electron chi connectivity index (χ1n) is 13.5. The van der Waals surface area contributed by atoms with E-state index in [1.54, 1.807) is 0 Å². The molecule has 0 rings (SSSR count). The van der Waals surface area contributed by atoms with Gasteiger partial charge in [0.15, 0.2) is 0 Å². The van der Waals surface area contributed by atoms with Crippen molar-refractivity contribution in [1.82, 2.24) is 0 Å². The maximum absolute atomic E-state index is 9.46. The molecule has 0 aliphatic rings. The number of unbranched alkanes of at least 4 members (excludes halogenated alkanes) is 15. The van der Waals surface area contributed by atoms with E-state index in [2.05, 4.69) is 6.92 Å². The molecule has 0 spiro atoms. The van der Waals surface area contributed by atoms with E-state index in [4.69, 9.17) is 10.8 Å². The first-order chi connectivity index (χ1) is 15.1. The molecule has 1 unspecified atom stereocenters. The second kappa shape index (κ2) is 22.8. The fraction of sp³-hybridized carbons (Fsp3) is 0.926. The van der Waals surface area contributed by atoms with Gasteiger partial charge in [-0.1, -0.05) is 121 Å². The van der Waals surface area contributed by atoms with Gasteiger partial charge in [-0.2, -0.15) is 0 Å². The van der Waals surface area contributed by atoms with E-state index in [-0.39, 0.29) is 19.8 Å². The van der Waals surface area contributed by atoms with Crippen LogP contribution in [0.2, 0.25) is 0 Å². The largest absolute Gasteiger partial charge is 0.396 e. The molecule has 31 heavy (non-hydrogen) atoms. The smallest absolute Gasteiger partial charge is 0.0468 e. The standard InChI is InChI=1S/C27H55NO3/c1-2-3-4-5-6-7-8-9-10-11-12-13-14-15-16-17-21-27(28,22-25-31)26(20-24-30)19-18-23-29/h19,29-31H,2-18,20-25,28H2,1H3. The van der Waals surface area contributed by atoms with Gasteiger partial charge in [0.05, 0.1) is 0 Å². The highest BCUT2D eigenvalue weighted by Crippen LogP contribution is 2.28. The van der Waals surface area contributed by atoms with Crippen molar-refractivity contribution >= 4 is 0 Å². The Balaban J connectivity index is 3.76. The Kier molecular flexibility index (Phi) is 22.5. The van der Waals surface area contributed by atoms with E-state index in [1.165, 1.54) is 96.3 Å². The van der Waals surface area contributed by atoms with Crippen LogP contribution in [-0.2, 0) is 0 Å². The van der Waals surface area contributed by atoms with Crippen molar-refractivity contribution in [3.8, 4) is 0 Å². The fourth-order valence-corrected chi connectivity index (χ4v) is 4.55. The lowest BCUT2D eigenvalue weighted by Gasteiger charge is -2.32. The summed E-state index contributed by atoms with van der Waals surface area (Å²) < 4.78 is 0. The summed E-state index contributed by atoms with van der Waals surface area (Å²) in [6, 6.07) is 0. The Morgan fingerprint density at radius 1 is 0.613 bits per heavy atom. The Labute approximate surface area is 193 Å². The molecule has 0 aliphatic heterocycles. The summed E-state index contributed by atoms with van der Waals surface area (Å²) in [6.07, 6.45) is 26.0. The van der Waals surface area contributed by atoms with Crippen LogP contribution in [0.25, 0.3) is 0 Å². The van der Waals surface area contributed by atoms with Gasteiger partial charge in [-0.25, -0.2) is 0 Å². The summed E-state index contributed by atoms with van der Waals surface area (Å²) in [5.74, 6) is 0. The van der Waals surface area contributed by atoms with Gasteiger partial charge >= 0.3 is 0 Å². The van der Waals surface area contributed by atoms with Crippen LogP contribution in [0.4, 0.5) is 0 Å². The van der Waals surface area contributed by atoms with Crippen LogP contribution in [-0.4, -0.2) is 40.7 Å². The molecule has 0 radical (unpaired) electrons. The first-order valence-corrected chi connectivity index (χ1v) is 13.5. The quantitative estimate of drug-likeness (QED) is 0.103. The normalized spacial score (nSPS) is 14.2. The van der Waals surface area contributed by atoms with E-state index in [9.17, 15) is 10.2 Å².